The quantitative estimate of drug-likeness (QED) is 0.657. The van der Waals surface area contributed by atoms with Crippen molar-refractivity contribution in [2.45, 2.75) is 13.8 Å². The minimum atomic E-state index is -0.776. The third-order valence-corrected chi connectivity index (χ3v) is 1.90. The number of Topliss-reactive ketones (excluding diaryl/α,β-unsaturated/α-hetero) is 1. The van der Waals surface area contributed by atoms with Crippen LogP contribution in [-0.4, -0.2) is 16.2 Å². The lowest BCUT2D eigenvalue weighted by Gasteiger charge is -1.98. The Bertz CT molecular complexity index is 313. The number of phenolic OH excluding ortho intramolecular Hbond substituents is 1. The second-order valence-corrected chi connectivity index (χ2v) is 2.78. The van der Waals surface area contributed by atoms with E-state index in [2.05, 4.69) is 15.9 Å². The van der Waals surface area contributed by atoms with Gasteiger partial charge in [0.1, 0.15) is 0 Å². The van der Waals surface area contributed by atoms with Gasteiger partial charge < -0.3 is 5.11 Å². The van der Waals surface area contributed by atoms with Crippen LogP contribution < -0.4 is 0 Å². The summed E-state index contributed by atoms with van der Waals surface area (Å²) in [5.74, 6) is -1.43. The van der Waals surface area contributed by atoms with Gasteiger partial charge in [-0.05, 0) is 18.2 Å². The summed E-state index contributed by atoms with van der Waals surface area (Å²) < 4.78 is 12.7. The minimum absolute atomic E-state index is 0.150. The SMILES string of the molecule is CC.O=C(CBr)c1ccc(O)c(F)c1. The molecule has 0 bridgehead atoms. The second kappa shape index (κ2) is 6.54. The Morgan fingerprint density at radius 2 is 2.07 bits per heavy atom. The number of aromatic hydroxyl groups is 1. The maximum absolute atomic E-state index is 12.7. The number of hydrogen-bond acceptors (Lipinski definition) is 2. The molecule has 0 radical (unpaired) electrons. The van der Waals surface area contributed by atoms with Crippen LogP contribution in [0.2, 0.25) is 0 Å². The molecule has 2 nitrogen and oxygen atoms in total. The number of rotatable bonds is 2. The van der Waals surface area contributed by atoms with Gasteiger partial charge in [0, 0.05) is 5.56 Å². The molecule has 78 valence electrons. The van der Waals surface area contributed by atoms with E-state index in [1.807, 2.05) is 13.8 Å². The van der Waals surface area contributed by atoms with Gasteiger partial charge in [-0.2, -0.15) is 0 Å². The van der Waals surface area contributed by atoms with Gasteiger partial charge in [-0.25, -0.2) is 4.39 Å². The molecule has 0 aromatic heterocycles. The Morgan fingerprint density at radius 1 is 1.50 bits per heavy atom. The summed E-state index contributed by atoms with van der Waals surface area (Å²) in [6.45, 7) is 4.00. The zero-order valence-corrected chi connectivity index (χ0v) is 9.64. The molecule has 0 fully saturated rings. The molecule has 0 amide bonds. The number of alkyl halides is 1. The summed E-state index contributed by atoms with van der Waals surface area (Å²) in [6, 6.07) is 3.55. The highest BCUT2D eigenvalue weighted by Crippen LogP contribution is 2.16. The summed E-state index contributed by atoms with van der Waals surface area (Å²) in [5.41, 5.74) is 0.252. The average Bonchev–Trinajstić information content (AvgIpc) is 2.24. The Balaban J connectivity index is 0.000000791. The zero-order valence-electron chi connectivity index (χ0n) is 8.05. The highest BCUT2D eigenvalue weighted by Gasteiger charge is 2.06. The van der Waals surface area contributed by atoms with Crippen LogP contribution in [0.1, 0.15) is 24.2 Å². The molecule has 0 aliphatic carbocycles. The van der Waals surface area contributed by atoms with Crippen LogP contribution in [0.4, 0.5) is 4.39 Å². The van der Waals surface area contributed by atoms with Crippen molar-refractivity contribution in [1.82, 2.24) is 0 Å². The molecule has 1 rings (SSSR count). The molecule has 1 aromatic rings. The van der Waals surface area contributed by atoms with Crippen LogP contribution in [0.5, 0.6) is 5.75 Å². The summed E-state index contributed by atoms with van der Waals surface area (Å²) in [4.78, 5) is 11.0. The Morgan fingerprint density at radius 3 is 2.50 bits per heavy atom. The molecule has 0 saturated heterocycles. The Kier molecular flexibility index (Phi) is 6.12. The van der Waals surface area contributed by atoms with Gasteiger partial charge in [-0.3, -0.25) is 4.79 Å². The molecule has 0 unspecified atom stereocenters. The van der Waals surface area contributed by atoms with Gasteiger partial charge in [-0.1, -0.05) is 29.8 Å². The van der Waals surface area contributed by atoms with Crippen molar-refractivity contribution in [2.75, 3.05) is 5.33 Å². The molecule has 0 atom stereocenters. The summed E-state index contributed by atoms with van der Waals surface area (Å²) in [7, 11) is 0. The molecule has 0 aliphatic heterocycles. The number of phenols is 1. The van der Waals surface area contributed by atoms with E-state index in [1.54, 1.807) is 0 Å². The van der Waals surface area contributed by atoms with Crippen molar-refractivity contribution in [2.24, 2.45) is 0 Å². The van der Waals surface area contributed by atoms with Crippen LogP contribution in [-0.2, 0) is 0 Å². The molecular formula is C10H12BrFO2. The van der Waals surface area contributed by atoms with Crippen LogP contribution >= 0.6 is 15.9 Å². The van der Waals surface area contributed by atoms with E-state index in [4.69, 9.17) is 5.11 Å². The van der Waals surface area contributed by atoms with Crippen LogP contribution in [0, 0.1) is 5.82 Å². The third kappa shape index (κ3) is 3.46. The molecule has 0 heterocycles. The van der Waals surface area contributed by atoms with Gasteiger partial charge in [0.05, 0.1) is 5.33 Å². The van der Waals surface area contributed by atoms with Crippen molar-refractivity contribution in [3.05, 3.63) is 29.6 Å². The standard InChI is InChI=1S/C8H6BrFO2.C2H6/c9-4-8(12)5-1-2-7(11)6(10)3-5;1-2/h1-3,11H,4H2;1-2H3. The average molecular weight is 263 g/mol. The number of hydrogen-bond donors (Lipinski definition) is 1. The fourth-order valence-electron chi connectivity index (χ4n) is 0.757. The van der Waals surface area contributed by atoms with Crippen LogP contribution in [0.3, 0.4) is 0 Å². The van der Waals surface area contributed by atoms with Crippen LogP contribution in [0.25, 0.3) is 0 Å². The lowest BCUT2D eigenvalue weighted by atomic mass is 10.1. The number of halogens is 2. The molecule has 14 heavy (non-hydrogen) atoms. The molecule has 0 aliphatic rings. The fourth-order valence-corrected chi connectivity index (χ4v) is 1.08. The highest BCUT2D eigenvalue weighted by molar-refractivity contribution is 9.09. The largest absolute Gasteiger partial charge is 0.505 e. The first kappa shape index (κ1) is 13.1. The van der Waals surface area contributed by atoms with E-state index < -0.39 is 11.6 Å². The van der Waals surface area contributed by atoms with Crippen molar-refractivity contribution >= 4 is 21.7 Å². The van der Waals surface area contributed by atoms with Gasteiger partial charge in [-0.15, -0.1) is 0 Å². The van der Waals surface area contributed by atoms with E-state index in [-0.39, 0.29) is 16.7 Å². The predicted molar refractivity (Wildman–Crippen MR) is 57.5 cm³/mol. The zero-order chi connectivity index (χ0) is 11.1. The predicted octanol–water partition coefficient (Wildman–Crippen LogP) is 3.14. The van der Waals surface area contributed by atoms with E-state index >= 15 is 0 Å². The second-order valence-electron chi connectivity index (χ2n) is 2.22. The first-order valence-corrected chi connectivity index (χ1v) is 5.35. The lowest BCUT2D eigenvalue weighted by Crippen LogP contribution is -1.99. The Hall–Kier alpha value is -0.900. The fraction of sp³-hybridized carbons (Fsp3) is 0.300. The molecule has 0 saturated carbocycles. The first-order chi connectivity index (χ1) is 6.65. The van der Waals surface area contributed by atoms with E-state index in [1.165, 1.54) is 6.07 Å². The van der Waals surface area contributed by atoms with Crippen molar-refractivity contribution in [3.63, 3.8) is 0 Å². The van der Waals surface area contributed by atoms with Gasteiger partial charge in [0.2, 0.25) is 0 Å². The van der Waals surface area contributed by atoms with Gasteiger partial charge in [0.25, 0.3) is 0 Å². The number of benzene rings is 1. The maximum Gasteiger partial charge on any atom is 0.173 e. The molecule has 1 N–H and O–H groups in total. The summed E-state index contributed by atoms with van der Waals surface area (Å²) in [5, 5.41) is 8.95. The molecular weight excluding hydrogens is 251 g/mol. The Labute approximate surface area is 90.9 Å². The van der Waals surface area contributed by atoms with E-state index in [0.29, 0.717) is 0 Å². The summed E-state index contributed by atoms with van der Waals surface area (Å²) >= 11 is 2.96. The third-order valence-electron chi connectivity index (χ3n) is 1.39. The summed E-state index contributed by atoms with van der Waals surface area (Å²) in [6.07, 6.45) is 0. The maximum atomic E-state index is 12.7. The van der Waals surface area contributed by atoms with Crippen molar-refractivity contribution in [1.29, 1.82) is 0 Å². The van der Waals surface area contributed by atoms with Gasteiger partial charge in [0.15, 0.2) is 17.3 Å². The van der Waals surface area contributed by atoms with Gasteiger partial charge >= 0.3 is 0 Å². The van der Waals surface area contributed by atoms with E-state index in [9.17, 15) is 9.18 Å². The monoisotopic (exact) mass is 262 g/mol. The smallest absolute Gasteiger partial charge is 0.173 e. The topological polar surface area (TPSA) is 37.3 Å². The normalized spacial score (nSPS) is 8.86. The van der Waals surface area contributed by atoms with E-state index in [0.717, 1.165) is 12.1 Å². The van der Waals surface area contributed by atoms with Crippen molar-refractivity contribution < 1.29 is 14.3 Å². The lowest BCUT2D eigenvalue weighted by molar-refractivity contribution is 0.102. The number of carbonyl (C=O) groups is 1. The van der Waals surface area contributed by atoms with Crippen molar-refractivity contribution in [3.8, 4) is 5.75 Å². The first-order valence-electron chi connectivity index (χ1n) is 4.23. The van der Waals surface area contributed by atoms with Crippen LogP contribution in [0.15, 0.2) is 18.2 Å². The number of ketones is 1. The molecule has 1 aromatic carbocycles. The number of carbonyl (C=O) groups excluding carboxylic acids is 1. The molecule has 0 spiro atoms. The molecule has 4 heteroatoms. The minimum Gasteiger partial charge on any atom is -0.505 e. The highest BCUT2D eigenvalue weighted by atomic mass is 79.9.